The average Bonchev–Trinajstić information content (AvgIpc) is 2.20. The Hall–Kier alpha value is -10.7. The Morgan fingerprint density at radius 1 is 0.368 bits per heavy atom. The smallest absolute Gasteiger partial charge is 0.178 e. The molecule has 14 rings (SSSR count). The lowest BCUT2D eigenvalue weighted by Gasteiger charge is -2.19. The molecule has 1 unspecified atom stereocenters. The summed E-state index contributed by atoms with van der Waals surface area (Å²) in [6.07, 6.45) is 27.7. The molecule has 1 atom stereocenters. The monoisotopic (exact) mass is 1150 g/mol. The molecule has 1 N–H and O–H groups in total. The molecular formula is C71H75N15O. The van der Waals surface area contributed by atoms with Crippen molar-refractivity contribution in [1.29, 1.82) is 0 Å². The summed E-state index contributed by atoms with van der Waals surface area (Å²) in [7, 11) is 6.28. The van der Waals surface area contributed by atoms with Gasteiger partial charge in [-0.15, -0.1) is 0 Å². The van der Waals surface area contributed by atoms with E-state index in [9.17, 15) is 0 Å². The van der Waals surface area contributed by atoms with E-state index in [1.807, 2.05) is 118 Å². The van der Waals surface area contributed by atoms with E-state index < -0.39 is 0 Å². The zero-order valence-corrected chi connectivity index (χ0v) is 50.2. The van der Waals surface area contributed by atoms with E-state index >= 15 is 0 Å². The van der Waals surface area contributed by atoms with Crippen molar-refractivity contribution in [2.45, 2.75) is 33.3 Å². The van der Waals surface area contributed by atoms with Crippen LogP contribution in [0.25, 0.3) is 34.0 Å². The first-order valence-electron chi connectivity index (χ1n) is 28.8. The van der Waals surface area contributed by atoms with Gasteiger partial charge in [0.25, 0.3) is 0 Å². The van der Waals surface area contributed by atoms with Gasteiger partial charge in [0.15, 0.2) is 5.82 Å². The fourth-order valence-corrected chi connectivity index (χ4v) is 9.26. The van der Waals surface area contributed by atoms with Crippen LogP contribution in [0.3, 0.4) is 0 Å². The number of fused-ring (bicyclic) bond motifs is 2. The SMILES string of the molecule is CC(C)CC(C)O.CN1C=CN(c2cccnc2)C1.CN1CN(c2ccccc2)c2ccccc21.CN1CN(c2cccnc2)c2ccccc21.c1ccc(-c2ccccn2)cc1.c1ccc(-c2ncccn2)nc1.c1cncc(-c2cnccn2)c1. The molecule has 0 bridgehead atoms. The van der Waals surface area contributed by atoms with E-state index in [0.717, 1.165) is 66.0 Å². The fraction of sp³-hybridized carbons (Fsp3) is 0.169. The van der Waals surface area contributed by atoms with Crippen LogP contribution in [0, 0.1) is 5.92 Å². The Morgan fingerprint density at radius 2 is 0.839 bits per heavy atom. The highest BCUT2D eigenvalue weighted by molar-refractivity contribution is 5.83. The first-order valence-corrected chi connectivity index (χ1v) is 28.8. The molecule has 4 aromatic carbocycles. The summed E-state index contributed by atoms with van der Waals surface area (Å²) in [6, 6.07) is 62.9. The molecule has 0 radical (unpaired) electrons. The zero-order valence-electron chi connectivity index (χ0n) is 50.2. The molecule has 16 heteroatoms. The second-order valence-corrected chi connectivity index (χ2v) is 20.6. The van der Waals surface area contributed by atoms with Gasteiger partial charge in [-0.05, 0) is 122 Å². The number of nitrogens with zero attached hydrogens (tertiary/aromatic N) is 15. The highest BCUT2D eigenvalue weighted by atomic mass is 16.3. The molecule has 10 heterocycles. The van der Waals surface area contributed by atoms with Gasteiger partial charge in [0.05, 0.1) is 90.2 Å². The van der Waals surface area contributed by atoms with Gasteiger partial charge in [0, 0.05) is 112 Å². The van der Waals surface area contributed by atoms with Crippen molar-refractivity contribution in [2.24, 2.45) is 5.92 Å². The molecule has 0 amide bonds. The number of hydrogen-bond donors (Lipinski definition) is 1. The van der Waals surface area contributed by atoms with Gasteiger partial charge < -0.3 is 34.5 Å². The minimum Gasteiger partial charge on any atom is -0.393 e. The van der Waals surface area contributed by atoms with Crippen LogP contribution < -0.4 is 24.5 Å². The van der Waals surface area contributed by atoms with Crippen LogP contribution in [0.5, 0.6) is 0 Å². The van der Waals surface area contributed by atoms with Crippen LogP contribution in [0.2, 0.25) is 0 Å². The van der Waals surface area contributed by atoms with Crippen molar-refractivity contribution in [3.63, 3.8) is 0 Å². The maximum atomic E-state index is 8.72. The highest BCUT2D eigenvalue weighted by Crippen LogP contribution is 2.40. The molecule has 0 spiro atoms. The predicted octanol–water partition coefficient (Wildman–Crippen LogP) is 14.4. The van der Waals surface area contributed by atoms with Crippen LogP contribution in [-0.4, -0.2) is 102 Å². The Balaban J connectivity index is 0.000000133. The highest BCUT2D eigenvalue weighted by Gasteiger charge is 2.24. The number of anilines is 7. The lowest BCUT2D eigenvalue weighted by molar-refractivity contribution is 0.168. The summed E-state index contributed by atoms with van der Waals surface area (Å²) in [5.41, 5.74) is 13.5. The van der Waals surface area contributed by atoms with Crippen molar-refractivity contribution in [1.82, 2.24) is 49.8 Å². The molecule has 87 heavy (non-hydrogen) atoms. The number of para-hydroxylation sites is 5. The van der Waals surface area contributed by atoms with Gasteiger partial charge in [-0.2, -0.15) is 0 Å². The van der Waals surface area contributed by atoms with E-state index in [4.69, 9.17) is 5.11 Å². The lowest BCUT2D eigenvalue weighted by atomic mass is 10.1. The second-order valence-electron chi connectivity index (χ2n) is 20.6. The summed E-state index contributed by atoms with van der Waals surface area (Å²) >= 11 is 0. The van der Waals surface area contributed by atoms with Gasteiger partial charge in [-0.25, -0.2) is 9.97 Å². The Labute approximate surface area is 512 Å². The number of rotatable bonds is 8. The van der Waals surface area contributed by atoms with Crippen LogP contribution in [0.4, 0.5) is 39.8 Å². The largest absolute Gasteiger partial charge is 0.393 e. The van der Waals surface area contributed by atoms with Crippen molar-refractivity contribution < 1.29 is 5.11 Å². The van der Waals surface area contributed by atoms with Crippen LogP contribution >= 0.6 is 0 Å². The van der Waals surface area contributed by atoms with Crippen LogP contribution in [0.1, 0.15) is 27.2 Å². The summed E-state index contributed by atoms with van der Waals surface area (Å²) in [6.45, 7) is 8.74. The van der Waals surface area contributed by atoms with Gasteiger partial charge in [0.2, 0.25) is 0 Å². The van der Waals surface area contributed by atoms with E-state index in [1.54, 1.807) is 68.0 Å². The Kier molecular flexibility index (Phi) is 24.0. The average molecular weight is 1150 g/mol. The molecule has 0 aliphatic carbocycles. The standard InChI is InChI=1S/C14H14N2.C13H13N3.C11H9N.C9H11N3.2C9H7N3.C6H14O/c1-15-11-16(12-7-3-2-4-8-12)14-10-6-5-9-13(14)15;1-15-10-16(11-5-4-8-14-9-11)13-7-3-2-6-12(13)15;1-2-6-10(7-3-1)11-8-4-5-9-12-11;1-11-5-6-12(8-11)9-3-2-4-10-7-9;1-2-5-10-8(4-1)9-11-6-3-7-12-9;1-2-8(6-10-3-1)9-7-11-4-5-12-9;1-5(2)4-6(3)7/h2-10H,11H2,1H3;2-9H,10H2,1H3;1-9H;2-7H,8H2,1H3;2*1-7H;5-7H,4H2,1-3H3. The number of hydrogen-bond acceptors (Lipinski definition) is 16. The number of benzene rings is 4. The molecule has 0 fully saturated rings. The molecule has 0 saturated carbocycles. The van der Waals surface area contributed by atoms with Crippen molar-refractivity contribution in [3.05, 3.63) is 281 Å². The molecule has 3 aliphatic rings. The normalized spacial score (nSPS) is 12.6. The maximum absolute atomic E-state index is 8.72. The van der Waals surface area contributed by atoms with E-state index in [-0.39, 0.29) is 6.10 Å². The third-order valence-electron chi connectivity index (χ3n) is 13.3. The topological polar surface area (TPSA) is 156 Å². The van der Waals surface area contributed by atoms with Crippen LogP contribution in [0.15, 0.2) is 281 Å². The number of aromatic nitrogens is 9. The maximum Gasteiger partial charge on any atom is 0.178 e. The quantitative estimate of drug-likeness (QED) is 0.153. The van der Waals surface area contributed by atoms with Gasteiger partial charge in [0.1, 0.15) is 5.69 Å². The number of aliphatic hydroxyl groups excluding tert-OH is 1. The van der Waals surface area contributed by atoms with Crippen molar-refractivity contribution >= 4 is 39.8 Å². The molecule has 440 valence electrons. The van der Waals surface area contributed by atoms with Gasteiger partial charge >= 0.3 is 0 Å². The first-order chi connectivity index (χ1) is 42.6. The second kappa shape index (κ2) is 33.5. The molecular weight excluding hydrogens is 1080 g/mol. The van der Waals surface area contributed by atoms with Crippen LogP contribution in [-0.2, 0) is 0 Å². The van der Waals surface area contributed by atoms with Gasteiger partial charge in [-0.1, -0.05) is 98.8 Å². The van der Waals surface area contributed by atoms with Crippen molar-refractivity contribution in [2.75, 3.05) is 65.6 Å². The van der Waals surface area contributed by atoms with E-state index in [2.05, 4.69) is 212 Å². The predicted molar refractivity (Wildman–Crippen MR) is 354 cm³/mol. The lowest BCUT2D eigenvalue weighted by Crippen LogP contribution is -2.23. The Morgan fingerprint density at radius 3 is 1.32 bits per heavy atom. The van der Waals surface area contributed by atoms with Gasteiger partial charge in [-0.3, -0.25) is 34.9 Å². The summed E-state index contributed by atoms with van der Waals surface area (Å²) in [4.78, 5) is 50.2. The number of pyridine rings is 5. The molecule has 3 aliphatic heterocycles. The zero-order chi connectivity index (χ0) is 60.8. The summed E-state index contributed by atoms with van der Waals surface area (Å²) in [5, 5.41) is 8.72. The van der Waals surface area contributed by atoms with E-state index in [0.29, 0.717) is 11.7 Å². The summed E-state index contributed by atoms with van der Waals surface area (Å²) in [5.74, 6) is 1.29. The molecule has 11 aromatic rings. The van der Waals surface area contributed by atoms with Crippen molar-refractivity contribution in [3.8, 4) is 34.0 Å². The minimum absolute atomic E-state index is 0.125. The molecule has 0 saturated heterocycles. The Bertz CT molecular complexity index is 3270. The first kappa shape index (κ1) is 62.3. The fourth-order valence-electron chi connectivity index (χ4n) is 9.26. The summed E-state index contributed by atoms with van der Waals surface area (Å²) < 4.78 is 0. The minimum atomic E-state index is -0.125. The molecule has 16 nitrogen and oxygen atoms in total. The van der Waals surface area contributed by atoms with E-state index in [1.165, 1.54) is 28.4 Å². The third kappa shape index (κ3) is 19.4. The molecule has 7 aromatic heterocycles. The third-order valence-corrected chi connectivity index (χ3v) is 13.3. The number of aliphatic hydroxyl groups is 1.